The zero-order chi connectivity index (χ0) is 80.5. The van der Waals surface area contributed by atoms with Gasteiger partial charge in [0.25, 0.3) is 0 Å². The number of carbonyl (C=O) groups is 3. The van der Waals surface area contributed by atoms with E-state index in [4.69, 9.17) is 19.3 Å². The number of aliphatic hydroxyl groups is 1. The molecule has 0 atom stereocenters. The van der Waals surface area contributed by atoms with Crippen LogP contribution in [-0.2, 0) is 67.9 Å². The Morgan fingerprint density at radius 3 is 0.726 bits per heavy atom. The average molecular weight is 1560 g/mol. The molecule has 4 N–H and O–H groups in total. The topological polar surface area (TPSA) is 356 Å². The SMILES string of the molecule is C.O=C(NCCCCCCn1c(=O)n(CCCCCCNC(=O)OC/C=C/c2ccccc2)c(=O)n(CCCCCCNC(=O)OC/C=C/c2ccccc2)c1=O)OC/C=C/c1ccccc1.O=C=NCCCCCCn1c(=O)n(CCCCCCN=C=O)c(=O)n(CCCCCCN=C=O)c1=O.OC/C=C/c1ccccc1. The lowest BCUT2D eigenvalue weighted by Crippen LogP contribution is -2.54. The predicted octanol–water partition coefficient (Wildman–Crippen LogP) is 12.4. The molecule has 0 spiro atoms. The predicted molar refractivity (Wildman–Crippen MR) is 442 cm³/mol. The number of alkyl carbamates (subject to hydrolysis) is 3. The first kappa shape index (κ1) is 95.8. The van der Waals surface area contributed by atoms with E-state index >= 15 is 0 Å². The van der Waals surface area contributed by atoms with Gasteiger partial charge in [-0.2, -0.15) is 0 Å². The summed E-state index contributed by atoms with van der Waals surface area (Å²) in [5.74, 6) is 0. The van der Waals surface area contributed by atoms with Crippen molar-refractivity contribution < 1.29 is 48.1 Å². The van der Waals surface area contributed by atoms with Gasteiger partial charge >= 0.3 is 52.4 Å². The largest absolute Gasteiger partial charge is 0.445 e. The highest BCUT2D eigenvalue weighted by atomic mass is 16.6. The van der Waals surface area contributed by atoms with Crippen molar-refractivity contribution in [3.63, 3.8) is 0 Å². The quantitative estimate of drug-likeness (QED) is 0.0119. The Labute approximate surface area is 661 Å². The van der Waals surface area contributed by atoms with Crippen LogP contribution in [0, 0.1) is 0 Å². The van der Waals surface area contributed by atoms with Gasteiger partial charge in [-0.05, 0) is 118 Å². The number of nitrogens with one attached hydrogen (secondary N) is 3. The van der Waals surface area contributed by atoms with E-state index in [9.17, 15) is 57.5 Å². The van der Waals surface area contributed by atoms with Gasteiger partial charge in [-0.3, -0.25) is 0 Å². The molecule has 0 saturated carbocycles. The highest BCUT2D eigenvalue weighted by Crippen LogP contribution is 2.09. The zero-order valence-electron chi connectivity index (χ0n) is 64.5. The maximum absolute atomic E-state index is 13.6. The van der Waals surface area contributed by atoms with Gasteiger partial charge in [0.2, 0.25) is 18.2 Å². The van der Waals surface area contributed by atoms with Gasteiger partial charge in [-0.15, -0.1) is 0 Å². The maximum Gasteiger partial charge on any atom is 0.407 e. The van der Waals surface area contributed by atoms with Crippen molar-refractivity contribution in [2.24, 2.45) is 15.0 Å². The lowest BCUT2D eigenvalue weighted by molar-refractivity contribution is 0.157. The third-order valence-electron chi connectivity index (χ3n) is 17.4. The molecule has 28 nitrogen and oxygen atoms in total. The molecule has 6 rings (SSSR count). The molecule has 0 aliphatic heterocycles. The number of rotatable bonds is 53. The van der Waals surface area contributed by atoms with Crippen LogP contribution in [0.5, 0.6) is 0 Å². The van der Waals surface area contributed by atoms with E-state index in [2.05, 4.69) is 30.9 Å². The number of benzene rings is 4. The number of isocyanates is 3. The van der Waals surface area contributed by atoms with Gasteiger partial charge in [-0.1, -0.05) is 236 Å². The van der Waals surface area contributed by atoms with Crippen LogP contribution in [0.2, 0.25) is 0 Å². The number of aliphatic hydroxyl groups excluding tert-OH is 1. The summed E-state index contributed by atoms with van der Waals surface area (Å²) in [5.41, 5.74) is 0.537. The van der Waals surface area contributed by atoms with Gasteiger partial charge in [0.15, 0.2) is 0 Å². The van der Waals surface area contributed by atoms with Crippen molar-refractivity contribution in [3.8, 4) is 0 Å². The standard InChI is InChI=1S/C51H66N6O9.C24H36N6O6.C9H10O.CH4/c58-46(64-40-22-31-43-25-10-7-11-26-43)52-34-16-1-4-19-37-55-49(61)56(38-20-5-2-17-35-53-47(59)65-41-23-32-44-27-12-8-13-28-44)51(63)57(50(55)62)39-21-6-3-18-36-54-48(60)66-42-24-33-45-29-14-9-15-30-45;31-19-25-13-7-1-4-10-16-28-22(34)29(17-11-5-2-8-14-26-20-32)24(36)30(23(28)35)18-12-6-3-9-15-27-21-33;10-8-4-7-9-5-2-1-3-6-9;/h7-15,22-33H,1-6,16-21,34-42H2,(H,52,58)(H,53,59)(H,54,60);1-18H2;1-7,10H,8H2;1H4/b31-22+,32-23+,33-24+;;7-4+;. The first-order valence-corrected chi connectivity index (χ1v) is 39.0. The normalized spacial score (nSPS) is 10.8. The van der Waals surface area contributed by atoms with E-state index in [1.54, 1.807) is 24.3 Å². The fourth-order valence-corrected chi connectivity index (χ4v) is 11.4. The molecular formula is C85H116N12O16. The smallest absolute Gasteiger partial charge is 0.407 e. The number of hydrogen-bond donors (Lipinski definition) is 4. The van der Waals surface area contributed by atoms with Gasteiger partial charge < -0.3 is 35.3 Å². The number of nitrogens with zero attached hydrogens (tertiary/aromatic N) is 9. The molecule has 612 valence electrons. The molecule has 3 amide bonds. The Morgan fingerprint density at radius 2 is 0.513 bits per heavy atom. The van der Waals surface area contributed by atoms with Crippen LogP contribution in [0.15, 0.2) is 189 Å². The van der Waals surface area contributed by atoms with E-state index in [1.807, 2.05) is 146 Å². The summed E-state index contributed by atoms with van der Waals surface area (Å²) in [7, 11) is 0. The molecule has 28 heteroatoms. The van der Waals surface area contributed by atoms with E-state index < -0.39 is 52.4 Å². The fraction of sp³-hybridized carbons (Fsp3) is 0.482. The summed E-state index contributed by atoms with van der Waals surface area (Å²) < 4.78 is 22.5. The van der Waals surface area contributed by atoms with Crippen LogP contribution in [0.1, 0.15) is 184 Å². The number of carbonyl (C=O) groups excluding carboxylic acids is 6. The van der Waals surface area contributed by atoms with Crippen LogP contribution in [0.3, 0.4) is 0 Å². The molecule has 2 heterocycles. The molecule has 4 aromatic carbocycles. The van der Waals surface area contributed by atoms with E-state index in [1.165, 1.54) is 18.2 Å². The second-order valence-corrected chi connectivity index (χ2v) is 26.0. The molecule has 6 aromatic rings. The van der Waals surface area contributed by atoms with Crippen LogP contribution < -0.4 is 50.1 Å². The van der Waals surface area contributed by atoms with Crippen LogP contribution in [0.4, 0.5) is 14.4 Å². The van der Waals surface area contributed by atoms with Crippen molar-refractivity contribution in [2.75, 3.05) is 65.7 Å². The Kier molecular flexibility index (Phi) is 53.6. The second kappa shape index (κ2) is 63.2. The lowest BCUT2D eigenvalue weighted by Gasteiger charge is -2.14. The monoisotopic (exact) mass is 1560 g/mol. The third kappa shape index (κ3) is 43.1. The van der Waals surface area contributed by atoms with E-state index in [-0.39, 0.29) is 73.1 Å². The summed E-state index contributed by atoms with van der Waals surface area (Å²) in [6, 6.07) is 39.1. The molecule has 0 saturated heterocycles. The van der Waals surface area contributed by atoms with E-state index in [0.29, 0.717) is 116 Å². The van der Waals surface area contributed by atoms with Crippen molar-refractivity contribution in [1.82, 2.24) is 43.4 Å². The van der Waals surface area contributed by atoms with Gasteiger partial charge in [0.1, 0.15) is 19.8 Å². The summed E-state index contributed by atoms with van der Waals surface area (Å²) in [6.45, 7) is 4.20. The molecule has 0 bridgehead atoms. The maximum atomic E-state index is 13.6. The van der Waals surface area contributed by atoms with Crippen LogP contribution in [0.25, 0.3) is 24.3 Å². The zero-order valence-corrected chi connectivity index (χ0v) is 64.5. The van der Waals surface area contributed by atoms with Crippen molar-refractivity contribution in [3.05, 3.63) is 231 Å². The van der Waals surface area contributed by atoms with Gasteiger partial charge in [0, 0.05) is 58.9 Å². The fourth-order valence-electron chi connectivity index (χ4n) is 11.4. The first-order chi connectivity index (χ1) is 54.8. The number of amides is 3. The minimum absolute atomic E-state index is 0. The molecule has 2 aromatic heterocycles. The lowest BCUT2D eigenvalue weighted by atomic mass is 10.2. The summed E-state index contributed by atoms with van der Waals surface area (Å²) in [5, 5.41) is 16.7. The number of aliphatic imine (C=N–C) groups is 3. The molecule has 0 aliphatic carbocycles. The third-order valence-corrected chi connectivity index (χ3v) is 17.4. The summed E-state index contributed by atoms with van der Waals surface area (Å²) in [4.78, 5) is 157. The average Bonchev–Trinajstić information content (AvgIpc) is 0.793. The number of hydrogen-bond acceptors (Lipinski definition) is 19. The Balaban J connectivity index is 0.000000584. The van der Waals surface area contributed by atoms with Crippen LogP contribution in [-0.4, -0.2) is 135 Å². The summed E-state index contributed by atoms with van der Waals surface area (Å²) in [6.07, 6.45) is 34.3. The highest BCUT2D eigenvalue weighted by Gasteiger charge is 2.18. The minimum Gasteiger partial charge on any atom is -0.445 e. The Morgan fingerprint density at radius 1 is 0.310 bits per heavy atom. The minimum atomic E-state index is -0.619. The Hall–Kier alpha value is -11.4. The van der Waals surface area contributed by atoms with E-state index in [0.717, 1.165) is 127 Å². The van der Waals surface area contributed by atoms with Gasteiger partial charge in [0.05, 0.1) is 26.2 Å². The Bertz CT molecular complexity index is 3850. The number of ether oxygens (including phenoxy) is 3. The first-order valence-electron chi connectivity index (χ1n) is 39.0. The van der Waals surface area contributed by atoms with Gasteiger partial charge in [-0.25, -0.2) is 99.9 Å². The van der Waals surface area contributed by atoms with Crippen molar-refractivity contribution in [2.45, 2.75) is 201 Å². The van der Waals surface area contributed by atoms with Crippen molar-refractivity contribution >= 4 is 60.8 Å². The molecule has 113 heavy (non-hydrogen) atoms. The molecule has 0 aliphatic rings. The number of aromatic nitrogens is 6. The molecular weight excluding hydrogens is 1450 g/mol. The molecule has 0 unspecified atom stereocenters. The molecule has 0 radical (unpaired) electrons. The number of unbranched alkanes of at least 4 members (excludes halogenated alkanes) is 18. The molecule has 0 fully saturated rings. The summed E-state index contributed by atoms with van der Waals surface area (Å²) >= 11 is 0. The van der Waals surface area contributed by atoms with Crippen molar-refractivity contribution in [1.29, 1.82) is 0 Å². The highest BCUT2D eigenvalue weighted by molar-refractivity contribution is 5.68. The second-order valence-electron chi connectivity index (χ2n) is 26.0. The van der Waals surface area contributed by atoms with Crippen LogP contribution >= 0.6 is 0 Å².